The lowest BCUT2D eigenvalue weighted by atomic mass is 9.97. The number of rotatable bonds is 7. The van der Waals surface area contributed by atoms with Crippen LogP contribution in [0.4, 0.5) is 5.69 Å². The maximum Gasteiger partial charge on any atom is 0.258 e. The lowest BCUT2D eigenvalue weighted by Crippen LogP contribution is -2.47. The Labute approximate surface area is 221 Å². The van der Waals surface area contributed by atoms with Gasteiger partial charge in [0.25, 0.3) is 5.91 Å². The van der Waals surface area contributed by atoms with Crippen LogP contribution in [0, 0.1) is 0 Å². The van der Waals surface area contributed by atoms with Crippen molar-refractivity contribution >= 4 is 17.5 Å². The van der Waals surface area contributed by atoms with Crippen molar-refractivity contribution < 1.29 is 19.1 Å². The van der Waals surface area contributed by atoms with Gasteiger partial charge in [-0.3, -0.25) is 14.5 Å². The number of benzene rings is 3. The van der Waals surface area contributed by atoms with Gasteiger partial charge in [-0.2, -0.15) is 0 Å². The summed E-state index contributed by atoms with van der Waals surface area (Å²) in [5.74, 6) is 0.933. The summed E-state index contributed by atoms with van der Waals surface area (Å²) in [6.07, 6.45) is 3.79. The van der Waals surface area contributed by atoms with Gasteiger partial charge in [-0.15, -0.1) is 0 Å². The van der Waals surface area contributed by atoms with Crippen molar-refractivity contribution in [1.82, 2.24) is 9.47 Å². The third kappa shape index (κ3) is 4.10. The maximum atomic E-state index is 14.3. The highest BCUT2D eigenvalue weighted by molar-refractivity contribution is 6.03. The van der Waals surface area contributed by atoms with E-state index in [1.807, 2.05) is 83.9 Å². The van der Waals surface area contributed by atoms with Gasteiger partial charge in [0.2, 0.25) is 5.91 Å². The van der Waals surface area contributed by atoms with Crippen molar-refractivity contribution in [3.63, 3.8) is 0 Å². The highest BCUT2D eigenvalue weighted by Gasteiger charge is 2.40. The van der Waals surface area contributed by atoms with Gasteiger partial charge in [-0.05, 0) is 66.9 Å². The first-order chi connectivity index (χ1) is 18.6. The van der Waals surface area contributed by atoms with Crippen molar-refractivity contribution in [1.29, 1.82) is 0 Å². The van der Waals surface area contributed by atoms with Crippen LogP contribution in [-0.4, -0.2) is 48.1 Å². The fourth-order valence-electron chi connectivity index (χ4n) is 5.31. The van der Waals surface area contributed by atoms with Crippen LogP contribution in [0.1, 0.15) is 40.5 Å². The van der Waals surface area contributed by atoms with Gasteiger partial charge in [-0.25, -0.2) is 0 Å². The number of methoxy groups -OCH3 is 2. The molecule has 0 radical (unpaired) electrons. The monoisotopic (exact) mass is 507 g/mol. The minimum atomic E-state index is -0.360. The second kappa shape index (κ2) is 9.74. The number of carbonyl (C=O) groups excluding carboxylic acids is 2. The van der Waals surface area contributed by atoms with E-state index in [0.717, 1.165) is 41.2 Å². The second-order valence-corrected chi connectivity index (χ2v) is 9.60. The van der Waals surface area contributed by atoms with Gasteiger partial charge in [0.05, 0.1) is 36.9 Å². The molecule has 6 rings (SSSR count). The van der Waals surface area contributed by atoms with Crippen LogP contribution in [0.15, 0.2) is 91.1 Å². The van der Waals surface area contributed by atoms with Crippen molar-refractivity contribution in [2.24, 2.45) is 0 Å². The summed E-state index contributed by atoms with van der Waals surface area (Å²) in [5, 5.41) is 0. The molecule has 2 aliphatic rings. The molecule has 0 N–H and O–H groups in total. The smallest absolute Gasteiger partial charge is 0.258 e. The summed E-state index contributed by atoms with van der Waals surface area (Å²) < 4.78 is 13.0. The Kier molecular flexibility index (Phi) is 6.12. The van der Waals surface area contributed by atoms with Crippen LogP contribution < -0.4 is 14.4 Å². The first-order valence-corrected chi connectivity index (χ1v) is 12.8. The number of anilines is 1. The number of nitrogens with zero attached hydrogens (tertiary/aromatic N) is 3. The molecule has 3 aromatic carbocycles. The molecule has 2 heterocycles. The number of aromatic nitrogens is 1. The highest BCUT2D eigenvalue weighted by Crippen LogP contribution is 2.43. The average Bonchev–Trinajstić information content (AvgIpc) is 3.69. The normalized spacial score (nSPS) is 15.8. The minimum absolute atomic E-state index is 0.0246. The van der Waals surface area contributed by atoms with E-state index in [9.17, 15) is 9.59 Å². The SMILES string of the molecule is COc1ccc(C2c3cccn3-c3ccccc3N2C(=O)CN(C(=O)c2ccccc2OC)C2CC2)cc1. The molecule has 1 saturated carbocycles. The van der Waals surface area contributed by atoms with E-state index in [4.69, 9.17) is 9.47 Å². The van der Waals surface area contributed by atoms with Crippen LogP contribution in [-0.2, 0) is 4.79 Å². The quantitative estimate of drug-likeness (QED) is 0.343. The van der Waals surface area contributed by atoms with Crippen LogP contribution in [0.3, 0.4) is 0 Å². The van der Waals surface area contributed by atoms with Crippen molar-refractivity contribution in [2.75, 3.05) is 25.7 Å². The molecule has 192 valence electrons. The summed E-state index contributed by atoms with van der Waals surface area (Å²) in [7, 11) is 3.19. The molecule has 4 aromatic rings. The molecule has 1 unspecified atom stereocenters. The Hall–Kier alpha value is -4.52. The summed E-state index contributed by atoms with van der Waals surface area (Å²) in [5.41, 5.74) is 4.15. The number of hydrogen-bond donors (Lipinski definition) is 0. The molecule has 0 spiro atoms. The molecule has 1 aliphatic heterocycles. The van der Waals surface area contributed by atoms with E-state index < -0.39 is 0 Å². The van der Waals surface area contributed by atoms with E-state index in [-0.39, 0.29) is 30.4 Å². The zero-order chi connectivity index (χ0) is 26.2. The van der Waals surface area contributed by atoms with Crippen molar-refractivity contribution in [3.8, 4) is 17.2 Å². The molecule has 7 nitrogen and oxygen atoms in total. The topological polar surface area (TPSA) is 64.0 Å². The molecule has 1 fully saturated rings. The second-order valence-electron chi connectivity index (χ2n) is 9.60. The van der Waals surface area contributed by atoms with Crippen LogP contribution in [0.5, 0.6) is 11.5 Å². The van der Waals surface area contributed by atoms with Crippen molar-refractivity contribution in [2.45, 2.75) is 24.9 Å². The Bertz CT molecular complexity index is 1490. The average molecular weight is 508 g/mol. The van der Waals surface area contributed by atoms with E-state index in [0.29, 0.717) is 11.3 Å². The summed E-state index contributed by atoms with van der Waals surface area (Å²) in [6, 6.07) is 26.6. The molecule has 1 aromatic heterocycles. The van der Waals surface area contributed by atoms with E-state index >= 15 is 0 Å². The molecule has 38 heavy (non-hydrogen) atoms. The van der Waals surface area contributed by atoms with Gasteiger partial charge in [0, 0.05) is 12.2 Å². The predicted octanol–water partition coefficient (Wildman–Crippen LogP) is 5.24. The third-order valence-electron chi connectivity index (χ3n) is 7.31. The van der Waals surface area contributed by atoms with Gasteiger partial charge in [0.15, 0.2) is 0 Å². The van der Waals surface area contributed by atoms with E-state index in [2.05, 4.69) is 4.57 Å². The zero-order valence-corrected chi connectivity index (χ0v) is 21.4. The van der Waals surface area contributed by atoms with Crippen LogP contribution in [0.2, 0.25) is 0 Å². The van der Waals surface area contributed by atoms with E-state index in [1.54, 1.807) is 31.3 Å². The summed E-state index contributed by atoms with van der Waals surface area (Å²) in [4.78, 5) is 31.6. The standard InChI is InChI=1S/C31H29N3O4/c1-37-23-17-13-21(14-18-23)30-27-11-7-19-32(27)25-9-4-5-10-26(25)34(30)29(35)20-33(22-15-16-22)31(36)24-8-3-6-12-28(24)38-2/h3-14,17-19,22,30H,15-16,20H2,1-2H3. The number of carbonyl (C=O) groups is 2. The summed E-state index contributed by atoms with van der Waals surface area (Å²) in [6.45, 7) is -0.0246. The molecule has 0 saturated heterocycles. The van der Waals surface area contributed by atoms with Gasteiger partial charge in [0.1, 0.15) is 24.1 Å². The Morgan fingerprint density at radius 2 is 1.55 bits per heavy atom. The fraction of sp³-hybridized carbons (Fsp3) is 0.226. The van der Waals surface area contributed by atoms with Gasteiger partial charge in [-0.1, -0.05) is 36.4 Å². The van der Waals surface area contributed by atoms with Crippen LogP contribution >= 0.6 is 0 Å². The van der Waals surface area contributed by atoms with Gasteiger partial charge >= 0.3 is 0 Å². The number of hydrogen-bond acceptors (Lipinski definition) is 4. The fourth-order valence-corrected chi connectivity index (χ4v) is 5.31. The molecular weight excluding hydrogens is 478 g/mol. The van der Waals surface area contributed by atoms with Crippen LogP contribution in [0.25, 0.3) is 5.69 Å². The predicted molar refractivity (Wildman–Crippen MR) is 145 cm³/mol. The Morgan fingerprint density at radius 1 is 0.842 bits per heavy atom. The number of ether oxygens (including phenoxy) is 2. The van der Waals surface area contributed by atoms with E-state index in [1.165, 1.54) is 0 Å². The number of para-hydroxylation sites is 3. The Morgan fingerprint density at radius 3 is 2.26 bits per heavy atom. The molecular formula is C31H29N3O4. The maximum absolute atomic E-state index is 14.3. The molecule has 1 aliphatic carbocycles. The Balaban J connectivity index is 1.41. The van der Waals surface area contributed by atoms with Gasteiger partial charge < -0.3 is 18.9 Å². The highest BCUT2D eigenvalue weighted by atomic mass is 16.5. The molecule has 7 heteroatoms. The zero-order valence-electron chi connectivity index (χ0n) is 21.4. The lowest BCUT2D eigenvalue weighted by Gasteiger charge is -2.39. The molecule has 1 atom stereocenters. The molecule has 2 amide bonds. The number of amides is 2. The van der Waals surface area contributed by atoms with Crippen molar-refractivity contribution in [3.05, 3.63) is 108 Å². The third-order valence-corrected chi connectivity index (χ3v) is 7.31. The minimum Gasteiger partial charge on any atom is -0.497 e. The first kappa shape index (κ1) is 23.9. The molecule has 0 bridgehead atoms. The summed E-state index contributed by atoms with van der Waals surface area (Å²) >= 11 is 0. The largest absolute Gasteiger partial charge is 0.497 e. The number of fused-ring (bicyclic) bond motifs is 3. The first-order valence-electron chi connectivity index (χ1n) is 12.8. The lowest BCUT2D eigenvalue weighted by molar-refractivity contribution is -0.119.